The van der Waals surface area contributed by atoms with Crippen LogP contribution in [0, 0.1) is 0 Å². The molecule has 4 nitrogen and oxygen atoms in total. The standard InChI is InChI=1S/C11H17NO3S/c1-10(15-16(2,13)14)5-3-6-11-7-4-8-12-9-11/h4,7-10H,3,5-6H2,1-2H3. The zero-order valence-electron chi connectivity index (χ0n) is 9.59. The molecule has 0 saturated heterocycles. The lowest BCUT2D eigenvalue weighted by molar-refractivity contribution is 0.217. The van der Waals surface area contributed by atoms with Gasteiger partial charge in [-0.1, -0.05) is 6.07 Å². The first-order chi connectivity index (χ1) is 7.47. The average molecular weight is 243 g/mol. The Morgan fingerprint density at radius 3 is 2.81 bits per heavy atom. The van der Waals surface area contributed by atoms with Crippen LogP contribution in [0.25, 0.3) is 0 Å². The highest BCUT2D eigenvalue weighted by Crippen LogP contribution is 2.09. The van der Waals surface area contributed by atoms with Gasteiger partial charge in [0.15, 0.2) is 0 Å². The summed E-state index contributed by atoms with van der Waals surface area (Å²) >= 11 is 0. The summed E-state index contributed by atoms with van der Waals surface area (Å²) in [5.41, 5.74) is 1.16. The minimum Gasteiger partial charge on any atom is -0.267 e. The van der Waals surface area contributed by atoms with Gasteiger partial charge in [-0.3, -0.25) is 9.17 Å². The summed E-state index contributed by atoms with van der Waals surface area (Å²) in [5, 5.41) is 0. The number of hydrogen-bond donors (Lipinski definition) is 0. The number of aryl methyl sites for hydroxylation is 1. The molecule has 1 heterocycles. The molecular formula is C11H17NO3S. The van der Waals surface area contributed by atoms with Crippen molar-refractivity contribution in [2.75, 3.05) is 6.26 Å². The Labute approximate surface area is 96.8 Å². The van der Waals surface area contributed by atoms with Crippen molar-refractivity contribution in [3.05, 3.63) is 30.1 Å². The van der Waals surface area contributed by atoms with E-state index in [1.807, 2.05) is 18.3 Å². The summed E-state index contributed by atoms with van der Waals surface area (Å²) in [6.45, 7) is 1.77. The van der Waals surface area contributed by atoms with E-state index in [2.05, 4.69) is 4.98 Å². The van der Waals surface area contributed by atoms with Gasteiger partial charge in [0.1, 0.15) is 0 Å². The van der Waals surface area contributed by atoms with E-state index in [4.69, 9.17) is 4.18 Å². The largest absolute Gasteiger partial charge is 0.267 e. The van der Waals surface area contributed by atoms with E-state index in [1.165, 1.54) is 0 Å². The summed E-state index contributed by atoms with van der Waals surface area (Å²) in [4.78, 5) is 4.01. The highest BCUT2D eigenvalue weighted by atomic mass is 32.2. The zero-order valence-corrected chi connectivity index (χ0v) is 10.4. The van der Waals surface area contributed by atoms with Gasteiger partial charge < -0.3 is 0 Å². The quantitative estimate of drug-likeness (QED) is 0.714. The van der Waals surface area contributed by atoms with Crippen LogP contribution in [0.1, 0.15) is 25.3 Å². The first-order valence-corrected chi connectivity index (χ1v) is 7.06. The maximum absolute atomic E-state index is 10.8. The van der Waals surface area contributed by atoms with Crippen molar-refractivity contribution in [2.24, 2.45) is 0 Å². The first kappa shape index (κ1) is 13.1. The van der Waals surface area contributed by atoms with E-state index in [9.17, 15) is 8.42 Å². The molecule has 0 spiro atoms. The minimum absolute atomic E-state index is 0.258. The number of pyridine rings is 1. The fraction of sp³-hybridized carbons (Fsp3) is 0.545. The molecule has 5 heteroatoms. The Kier molecular flexibility index (Phi) is 4.89. The highest BCUT2D eigenvalue weighted by Gasteiger charge is 2.09. The van der Waals surface area contributed by atoms with E-state index in [0.29, 0.717) is 0 Å². The maximum atomic E-state index is 10.8. The number of nitrogens with zero attached hydrogens (tertiary/aromatic N) is 1. The number of rotatable bonds is 6. The molecule has 0 aliphatic heterocycles. The van der Waals surface area contributed by atoms with Gasteiger partial charge in [0.05, 0.1) is 12.4 Å². The van der Waals surface area contributed by atoms with E-state index >= 15 is 0 Å². The Hall–Kier alpha value is -0.940. The van der Waals surface area contributed by atoms with Gasteiger partial charge in [-0.2, -0.15) is 8.42 Å². The second-order valence-corrected chi connectivity index (χ2v) is 5.47. The lowest BCUT2D eigenvalue weighted by atomic mass is 10.1. The van der Waals surface area contributed by atoms with E-state index in [-0.39, 0.29) is 6.10 Å². The van der Waals surface area contributed by atoms with Crippen molar-refractivity contribution >= 4 is 10.1 Å². The van der Waals surface area contributed by atoms with Gasteiger partial charge in [0.25, 0.3) is 10.1 Å². The molecule has 0 radical (unpaired) electrons. The molecule has 0 aliphatic rings. The fourth-order valence-electron chi connectivity index (χ4n) is 1.49. The predicted octanol–water partition coefficient (Wildman–Crippen LogP) is 1.77. The number of aromatic nitrogens is 1. The van der Waals surface area contributed by atoms with Crippen molar-refractivity contribution in [3.63, 3.8) is 0 Å². The molecular weight excluding hydrogens is 226 g/mol. The second kappa shape index (κ2) is 5.96. The summed E-state index contributed by atoms with van der Waals surface area (Å²) in [6, 6.07) is 3.90. The summed E-state index contributed by atoms with van der Waals surface area (Å²) in [7, 11) is -3.33. The van der Waals surface area contributed by atoms with Gasteiger partial charge in [-0.25, -0.2) is 0 Å². The minimum atomic E-state index is -3.33. The molecule has 0 N–H and O–H groups in total. The van der Waals surface area contributed by atoms with E-state index in [0.717, 1.165) is 31.1 Å². The van der Waals surface area contributed by atoms with Crippen LogP contribution >= 0.6 is 0 Å². The Balaban J connectivity index is 2.26. The van der Waals surface area contributed by atoms with Crippen LogP contribution in [0.5, 0.6) is 0 Å². The smallest absolute Gasteiger partial charge is 0.264 e. The Bertz CT molecular complexity index is 402. The molecule has 0 aliphatic carbocycles. The molecule has 0 bridgehead atoms. The first-order valence-electron chi connectivity index (χ1n) is 5.24. The van der Waals surface area contributed by atoms with Crippen LogP contribution in [0.2, 0.25) is 0 Å². The lowest BCUT2D eigenvalue weighted by Gasteiger charge is -2.10. The lowest BCUT2D eigenvalue weighted by Crippen LogP contribution is -2.14. The van der Waals surface area contributed by atoms with E-state index in [1.54, 1.807) is 13.1 Å². The zero-order chi connectivity index (χ0) is 12.0. The SMILES string of the molecule is CC(CCCc1cccnc1)OS(C)(=O)=O. The van der Waals surface area contributed by atoms with Crippen LogP contribution in [-0.2, 0) is 20.7 Å². The fourth-order valence-corrected chi connectivity index (χ4v) is 2.18. The van der Waals surface area contributed by atoms with Crippen LogP contribution in [0.4, 0.5) is 0 Å². The van der Waals surface area contributed by atoms with Crippen LogP contribution in [0.3, 0.4) is 0 Å². The van der Waals surface area contributed by atoms with Gasteiger partial charge in [-0.15, -0.1) is 0 Å². The average Bonchev–Trinajstić information content (AvgIpc) is 2.16. The van der Waals surface area contributed by atoms with Crippen LogP contribution in [0.15, 0.2) is 24.5 Å². The van der Waals surface area contributed by atoms with Crippen LogP contribution in [-0.4, -0.2) is 25.8 Å². The van der Waals surface area contributed by atoms with Gasteiger partial charge in [0, 0.05) is 12.4 Å². The maximum Gasteiger partial charge on any atom is 0.264 e. The summed E-state index contributed by atoms with van der Waals surface area (Å²) < 4.78 is 26.5. The molecule has 1 aromatic rings. The molecule has 0 fully saturated rings. The van der Waals surface area contributed by atoms with Crippen molar-refractivity contribution in [1.29, 1.82) is 0 Å². The van der Waals surface area contributed by atoms with Crippen molar-refractivity contribution in [3.8, 4) is 0 Å². The monoisotopic (exact) mass is 243 g/mol. The second-order valence-electron chi connectivity index (χ2n) is 3.86. The third-order valence-electron chi connectivity index (χ3n) is 2.14. The number of hydrogen-bond acceptors (Lipinski definition) is 4. The molecule has 0 aromatic carbocycles. The molecule has 90 valence electrons. The molecule has 1 rings (SSSR count). The highest BCUT2D eigenvalue weighted by molar-refractivity contribution is 7.86. The topological polar surface area (TPSA) is 56.3 Å². The molecule has 1 aromatic heterocycles. The normalized spacial score (nSPS) is 13.6. The van der Waals surface area contributed by atoms with Gasteiger partial charge >= 0.3 is 0 Å². The Morgan fingerprint density at radius 1 is 1.50 bits per heavy atom. The Morgan fingerprint density at radius 2 is 2.25 bits per heavy atom. The van der Waals surface area contributed by atoms with Crippen molar-refractivity contribution in [1.82, 2.24) is 4.98 Å². The third-order valence-corrected chi connectivity index (χ3v) is 2.82. The van der Waals surface area contributed by atoms with Gasteiger partial charge in [-0.05, 0) is 37.8 Å². The molecule has 1 unspecified atom stereocenters. The van der Waals surface area contributed by atoms with Crippen LogP contribution < -0.4 is 0 Å². The third kappa shape index (κ3) is 5.82. The van der Waals surface area contributed by atoms with Crippen molar-refractivity contribution < 1.29 is 12.6 Å². The predicted molar refractivity (Wildman–Crippen MR) is 62.6 cm³/mol. The van der Waals surface area contributed by atoms with Crippen molar-refractivity contribution in [2.45, 2.75) is 32.3 Å². The molecule has 16 heavy (non-hydrogen) atoms. The van der Waals surface area contributed by atoms with E-state index < -0.39 is 10.1 Å². The summed E-state index contributed by atoms with van der Waals surface area (Å²) in [5.74, 6) is 0. The van der Waals surface area contributed by atoms with Gasteiger partial charge in [0.2, 0.25) is 0 Å². The molecule has 0 saturated carbocycles. The molecule has 0 amide bonds. The summed E-state index contributed by atoms with van der Waals surface area (Å²) in [6.07, 6.45) is 6.88. The molecule has 1 atom stereocenters.